The molecule has 0 atom stereocenters. The molecule has 0 N–H and O–H groups in total. The fourth-order valence-corrected chi connectivity index (χ4v) is 1.16. The molecule has 15 heavy (non-hydrogen) atoms. The van der Waals surface area contributed by atoms with Gasteiger partial charge in [-0.25, -0.2) is 9.18 Å². The van der Waals surface area contributed by atoms with E-state index >= 15 is 0 Å². The smallest absolute Gasteiger partial charge is 0.349 e. The van der Waals surface area contributed by atoms with Gasteiger partial charge < -0.3 is 4.74 Å². The Balaban J connectivity index is 2.88. The summed E-state index contributed by atoms with van der Waals surface area (Å²) in [4.78, 5) is 11.1. The van der Waals surface area contributed by atoms with Crippen molar-refractivity contribution in [1.29, 1.82) is 0 Å². The zero-order valence-electron chi connectivity index (χ0n) is 8.17. The Morgan fingerprint density at radius 1 is 1.53 bits per heavy atom. The minimum absolute atomic E-state index is 0.137. The van der Waals surface area contributed by atoms with E-state index in [2.05, 4.69) is 4.74 Å². The second kappa shape index (κ2) is 5.51. The highest BCUT2D eigenvalue weighted by Gasteiger charge is 2.08. The number of ether oxygens (including phenoxy) is 1. The lowest BCUT2D eigenvalue weighted by atomic mass is 10.2. The van der Waals surface area contributed by atoms with Crippen molar-refractivity contribution in [2.75, 3.05) is 6.61 Å². The van der Waals surface area contributed by atoms with Crippen LogP contribution in [-0.2, 0) is 9.53 Å². The van der Waals surface area contributed by atoms with E-state index in [0.29, 0.717) is 0 Å². The molecule has 0 aromatic heterocycles. The van der Waals surface area contributed by atoms with Gasteiger partial charge in [0.1, 0.15) is 10.8 Å². The third kappa shape index (κ3) is 3.36. The summed E-state index contributed by atoms with van der Waals surface area (Å²) in [6.45, 7) is 1.91. The van der Waals surface area contributed by atoms with E-state index in [9.17, 15) is 9.18 Å². The first-order valence-electron chi connectivity index (χ1n) is 4.44. The van der Waals surface area contributed by atoms with Crippen LogP contribution in [0.1, 0.15) is 12.5 Å². The SMILES string of the molecule is CCOC(=O)/C(Cl)=C/c1ccccc1F. The monoisotopic (exact) mass is 228 g/mol. The molecule has 2 nitrogen and oxygen atoms in total. The Labute approximate surface area is 92.3 Å². The van der Waals surface area contributed by atoms with Crippen molar-refractivity contribution in [1.82, 2.24) is 0 Å². The highest BCUT2D eigenvalue weighted by Crippen LogP contribution is 2.14. The van der Waals surface area contributed by atoms with Crippen molar-refractivity contribution in [3.05, 3.63) is 40.7 Å². The third-order valence-electron chi connectivity index (χ3n) is 1.66. The number of carbonyl (C=O) groups is 1. The molecule has 1 aromatic carbocycles. The summed E-state index contributed by atoms with van der Waals surface area (Å²) in [5.74, 6) is -1.08. The Bertz CT molecular complexity index is 388. The summed E-state index contributed by atoms with van der Waals surface area (Å²) in [5, 5.41) is -0.137. The highest BCUT2D eigenvalue weighted by molar-refractivity contribution is 6.43. The van der Waals surface area contributed by atoms with E-state index in [1.165, 1.54) is 18.2 Å². The van der Waals surface area contributed by atoms with Crippen LogP contribution in [0.3, 0.4) is 0 Å². The number of halogens is 2. The molecule has 0 bridgehead atoms. The summed E-state index contributed by atoms with van der Waals surface area (Å²) in [7, 11) is 0. The van der Waals surface area contributed by atoms with Crippen LogP contribution in [0.15, 0.2) is 29.3 Å². The minimum atomic E-state index is -0.651. The molecule has 1 rings (SSSR count). The largest absolute Gasteiger partial charge is 0.462 e. The molecule has 0 spiro atoms. The van der Waals surface area contributed by atoms with Gasteiger partial charge in [-0.15, -0.1) is 0 Å². The van der Waals surface area contributed by atoms with E-state index in [0.717, 1.165) is 0 Å². The van der Waals surface area contributed by atoms with Crippen molar-refractivity contribution in [2.45, 2.75) is 6.92 Å². The van der Waals surface area contributed by atoms with Crippen LogP contribution in [0, 0.1) is 5.82 Å². The van der Waals surface area contributed by atoms with Gasteiger partial charge in [-0.2, -0.15) is 0 Å². The predicted octanol–water partition coefficient (Wildman–Crippen LogP) is 2.97. The topological polar surface area (TPSA) is 26.3 Å². The maximum Gasteiger partial charge on any atom is 0.349 e. The number of rotatable bonds is 3. The fourth-order valence-electron chi connectivity index (χ4n) is 0.988. The van der Waals surface area contributed by atoms with Crippen molar-refractivity contribution in [2.24, 2.45) is 0 Å². The number of benzene rings is 1. The summed E-state index contributed by atoms with van der Waals surface area (Å²) in [6.07, 6.45) is 1.24. The average molecular weight is 229 g/mol. The van der Waals surface area contributed by atoms with Crippen molar-refractivity contribution >= 4 is 23.6 Å². The first-order valence-corrected chi connectivity index (χ1v) is 4.81. The van der Waals surface area contributed by atoms with Gasteiger partial charge in [0.2, 0.25) is 0 Å². The standard InChI is InChI=1S/C11H10ClFO2/c1-2-15-11(14)9(12)7-8-5-3-4-6-10(8)13/h3-7H,2H2,1H3/b9-7-. The van der Waals surface area contributed by atoms with E-state index in [-0.39, 0.29) is 17.2 Å². The zero-order chi connectivity index (χ0) is 11.3. The molecule has 0 fully saturated rings. The van der Waals surface area contributed by atoms with Gasteiger partial charge >= 0.3 is 5.97 Å². The maximum atomic E-state index is 13.1. The third-order valence-corrected chi connectivity index (χ3v) is 1.92. The second-order valence-electron chi connectivity index (χ2n) is 2.73. The molecule has 0 aliphatic rings. The number of hydrogen-bond acceptors (Lipinski definition) is 2. The Hall–Kier alpha value is -1.35. The van der Waals surface area contributed by atoms with Crippen molar-refractivity contribution < 1.29 is 13.9 Å². The minimum Gasteiger partial charge on any atom is -0.462 e. The fraction of sp³-hybridized carbons (Fsp3) is 0.182. The quantitative estimate of drug-likeness (QED) is 0.587. The normalized spacial score (nSPS) is 11.3. The van der Waals surface area contributed by atoms with Crippen LogP contribution in [0.25, 0.3) is 6.08 Å². The van der Waals surface area contributed by atoms with Gasteiger partial charge in [-0.3, -0.25) is 0 Å². The molecule has 0 radical (unpaired) electrons. The van der Waals surface area contributed by atoms with Gasteiger partial charge in [0.05, 0.1) is 6.61 Å². The van der Waals surface area contributed by atoms with Crippen LogP contribution >= 0.6 is 11.6 Å². The molecule has 0 amide bonds. The summed E-state index contributed by atoms with van der Waals surface area (Å²) in [5.41, 5.74) is 0.260. The van der Waals surface area contributed by atoms with Crippen LogP contribution in [0.5, 0.6) is 0 Å². The molecule has 0 aliphatic carbocycles. The summed E-state index contributed by atoms with van der Waals surface area (Å²) >= 11 is 5.64. The molecule has 0 unspecified atom stereocenters. The van der Waals surface area contributed by atoms with Gasteiger partial charge in [-0.05, 0) is 19.1 Å². The molecule has 0 heterocycles. The van der Waals surface area contributed by atoms with Crippen LogP contribution in [0.4, 0.5) is 4.39 Å². The number of esters is 1. The number of carbonyl (C=O) groups excluding carboxylic acids is 1. The van der Waals surface area contributed by atoms with E-state index < -0.39 is 11.8 Å². The summed E-state index contributed by atoms with van der Waals surface area (Å²) in [6, 6.07) is 6.03. The van der Waals surface area contributed by atoms with Gasteiger partial charge in [0.25, 0.3) is 0 Å². The molecule has 4 heteroatoms. The van der Waals surface area contributed by atoms with Gasteiger partial charge in [-0.1, -0.05) is 29.8 Å². The predicted molar refractivity (Wildman–Crippen MR) is 56.9 cm³/mol. The van der Waals surface area contributed by atoms with E-state index in [1.54, 1.807) is 19.1 Å². The summed E-state index contributed by atoms with van der Waals surface area (Å²) < 4.78 is 17.8. The first kappa shape index (κ1) is 11.7. The Morgan fingerprint density at radius 2 is 2.20 bits per heavy atom. The van der Waals surface area contributed by atoms with Crippen molar-refractivity contribution in [3.8, 4) is 0 Å². The molecular formula is C11H10ClFO2. The molecule has 1 aromatic rings. The van der Waals surface area contributed by atoms with Gasteiger partial charge in [0.15, 0.2) is 0 Å². The Kier molecular flexibility index (Phi) is 4.31. The lowest BCUT2D eigenvalue weighted by molar-refractivity contribution is -0.137. The average Bonchev–Trinajstić information content (AvgIpc) is 2.21. The second-order valence-corrected chi connectivity index (χ2v) is 3.14. The van der Waals surface area contributed by atoms with Crippen LogP contribution in [0.2, 0.25) is 0 Å². The van der Waals surface area contributed by atoms with Crippen LogP contribution in [-0.4, -0.2) is 12.6 Å². The van der Waals surface area contributed by atoms with Crippen molar-refractivity contribution in [3.63, 3.8) is 0 Å². The lowest BCUT2D eigenvalue weighted by Crippen LogP contribution is -2.03. The lowest BCUT2D eigenvalue weighted by Gasteiger charge is -2.00. The molecule has 0 saturated carbocycles. The first-order chi connectivity index (χ1) is 7.15. The Morgan fingerprint density at radius 3 is 2.80 bits per heavy atom. The maximum absolute atomic E-state index is 13.1. The van der Waals surface area contributed by atoms with Gasteiger partial charge in [0, 0.05) is 5.56 Å². The molecular weight excluding hydrogens is 219 g/mol. The highest BCUT2D eigenvalue weighted by atomic mass is 35.5. The number of hydrogen-bond donors (Lipinski definition) is 0. The molecule has 0 aliphatic heterocycles. The van der Waals surface area contributed by atoms with E-state index in [1.807, 2.05) is 0 Å². The molecule has 0 saturated heterocycles. The molecule has 80 valence electrons. The van der Waals surface area contributed by atoms with E-state index in [4.69, 9.17) is 11.6 Å². The van der Waals surface area contributed by atoms with Crippen LogP contribution < -0.4 is 0 Å². The zero-order valence-corrected chi connectivity index (χ0v) is 8.92.